The molecule has 9 heteroatoms. The van der Waals surface area contributed by atoms with E-state index in [0.29, 0.717) is 27.9 Å². The molecule has 2 aromatic carbocycles. The zero-order valence-corrected chi connectivity index (χ0v) is 22.2. The van der Waals surface area contributed by atoms with Crippen LogP contribution in [0.1, 0.15) is 29.2 Å². The number of carbonyl (C=O) groups is 2. The molecule has 1 aliphatic heterocycles. The van der Waals surface area contributed by atoms with Crippen molar-refractivity contribution in [3.05, 3.63) is 110 Å². The van der Waals surface area contributed by atoms with E-state index in [9.17, 15) is 9.59 Å². The highest BCUT2D eigenvalue weighted by molar-refractivity contribution is 9.10. The molecular formula is C26H18BrClN2O3S2. The maximum Gasteiger partial charge on any atom is 0.248 e. The fourth-order valence-electron chi connectivity index (χ4n) is 4.31. The minimum atomic E-state index is -1.21. The van der Waals surface area contributed by atoms with Crippen LogP contribution in [0.2, 0.25) is 5.02 Å². The molecule has 1 amide bonds. The summed E-state index contributed by atoms with van der Waals surface area (Å²) in [5.74, 6) is -0.813. The summed E-state index contributed by atoms with van der Waals surface area (Å²) in [5, 5.41) is 4.17. The first-order chi connectivity index (χ1) is 16.9. The number of para-hydroxylation sites is 1. The first kappa shape index (κ1) is 24.1. The van der Waals surface area contributed by atoms with Crippen LogP contribution in [0.3, 0.4) is 0 Å². The van der Waals surface area contributed by atoms with Gasteiger partial charge in [0.2, 0.25) is 11.8 Å². The molecule has 1 fully saturated rings. The van der Waals surface area contributed by atoms with Crippen LogP contribution in [0, 0.1) is 0 Å². The quantitative estimate of drug-likeness (QED) is 0.202. The number of Topliss-reactive ketones (excluding diaryl/α,β-unsaturated/α-hetero) is 1. The predicted octanol–water partition coefficient (Wildman–Crippen LogP) is 7.02. The lowest BCUT2D eigenvalue weighted by Gasteiger charge is -2.45. The van der Waals surface area contributed by atoms with Crippen molar-refractivity contribution in [2.75, 3.05) is 0 Å². The number of ether oxygens (including phenoxy) is 1. The largest absolute Gasteiger partial charge is 0.438 e. The Kier molecular flexibility index (Phi) is 6.72. The molecule has 0 radical (unpaired) electrons. The second kappa shape index (κ2) is 9.78. The first-order valence-corrected chi connectivity index (χ1v) is 13.2. The molecule has 5 nitrogen and oxygen atoms in total. The number of rotatable bonds is 5. The number of piperidine rings is 1. The van der Waals surface area contributed by atoms with Crippen LogP contribution in [-0.2, 0) is 15.1 Å². The van der Waals surface area contributed by atoms with Gasteiger partial charge in [-0.3, -0.25) is 13.9 Å². The van der Waals surface area contributed by atoms with Gasteiger partial charge in [-0.05, 0) is 68.1 Å². The summed E-state index contributed by atoms with van der Waals surface area (Å²) < 4.78 is 8.12. The van der Waals surface area contributed by atoms with Gasteiger partial charge in [0.15, 0.2) is 5.78 Å². The van der Waals surface area contributed by atoms with Gasteiger partial charge in [-0.1, -0.05) is 60.8 Å². The van der Waals surface area contributed by atoms with Gasteiger partial charge in [0.1, 0.15) is 17.2 Å². The van der Waals surface area contributed by atoms with E-state index >= 15 is 0 Å². The zero-order chi connectivity index (χ0) is 24.6. The molecule has 35 heavy (non-hydrogen) atoms. The molecule has 2 unspecified atom stereocenters. The van der Waals surface area contributed by atoms with E-state index in [1.54, 1.807) is 42.5 Å². The second-order valence-electron chi connectivity index (χ2n) is 8.01. The van der Waals surface area contributed by atoms with Crippen LogP contribution in [0.4, 0.5) is 0 Å². The van der Waals surface area contributed by atoms with Gasteiger partial charge in [0.05, 0.1) is 10.2 Å². The summed E-state index contributed by atoms with van der Waals surface area (Å²) in [5.41, 5.74) is 0.501. The van der Waals surface area contributed by atoms with Crippen LogP contribution >= 0.6 is 51.7 Å². The van der Waals surface area contributed by atoms with E-state index < -0.39 is 17.4 Å². The van der Waals surface area contributed by atoms with Crippen LogP contribution in [0.25, 0.3) is 0 Å². The Morgan fingerprint density at radius 1 is 1.06 bits per heavy atom. The molecule has 4 aromatic rings. The fraction of sp³-hybridized carbons (Fsp3) is 0.115. The third-order valence-electron chi connectivity index (χ3n) is 5.98. The Bertz CT molecular complexity index is 1420. The molecule has 0 N–H and O–H groups in total. The Labute approximate surface area is 225 Å². The number of thiophene rings is 1. The lowest BCUT2D eigenvalue weighted by Crippen LogP contribution is -2.54. The average Bonchev–Trinajstić information content (AvgIpc) is 3.40. The smallest absolute Gasteiger partial charge is 0.248 e. The minimum Gasteiger partial charge on any atom is -0.438 e. The minimum absolute atomic E-state index is 0.0135. The normalized spacial score (nSPS) is 20.2. The van der Waals surface area contributed by atoms with Gasteiger partial charge < -0.3 is 4.74 Å². The average molecular weight is 586 g/mol. The summed E-state index contributed by atoms with van der Waals surface area (Å²) in [7, 11) is 0. The number of ketones is 1. The summed E-state index contributed by atoms with van der Waals surface area (Å²) in [4.78, 5) is 32.0. The third-order valence-corrected chi connectivity index (χ3v) is 8.20. The lowest BCUT2D eigenvalue weighted by atomic mass is 9.75. The number of amides is 1. The number of hydrogen-bond donors (Lipinski definition) is 1. The summed E-state index contributed by atoms with van der Waals surface area (Å²) >= 11 is 16.0. The Morgan fingerprint density at radius 2 is 1.83 bits per heavy atom. The van der Waals surface area contributed by atoms with Crippen molar-refractivity contribution >= 4 is 63.4 Å². The molecule has 0 aliphatic carbocycles. The highest BCUT2D eigenvalue weighted by Crippen LogP contribution is 2.48. The standard InChI is InChI=1S/C26H18BrClN2O3S2/c27-18-7-2-4-9-21(18)33-23-11-5-10-22(29-23)26(16-12-13-35-15-16)14-20(31)24(25(32)30(26)34)17-6-1-3-8-19(17)28/h1-13,15,24,34H,14H2. The molecule has 0 spiro atoms. The van der Waals surface area contributed by atoms with Crippen molar-refractivity contribution in [2.45, 2.75) is 17.9 Å². The zero-order valence-electron chi connectivity index (χ0n) is 18.1. The van der Waals surface area contributed by atoms with Crippen LogP contribution in [-0.4, -0.2) is 21.0 Å². The highest BCUT2D eigenvalue weighted by Gasteiger charge is 2.53. The Hall–Kier alpha value is -2.65. The van der Waals surface area contributed by atoms with Gasteiger partial charge in [-0.25, -0.2) is 4.98 Å². The number of benzene rings is 2. The molecule has 1 saturated heterocycles. The van der Waals surface area contributed by atoms with Gasteiger partial charge in [0, 0.05) is 17.5 Å². The monoisotopic (exact) mass is 584 g/mol. The molecular weight excluding hydrogens is 568 g/mol. The topological polar surface area (TPSA) is 59.5 Å². The van der Waals surface area contributed by atoms with Gasteiger partial charge >= 0.3 is 0 Å². The fourth-order valence-corrected chi connectivity index (χ4v) is 6.04. The molecule has 1 aliphatic rings. The Balaban J connectivity index is 1.60. The van der Waals surface area contributed by atoms with Gasteiger partial charge in [-0.15, -0.1) is 0 Å². The van der Waals surface area contributed by atoms with Crippen LogP contribution in [0.5, 0.6) is 11.6 Å². The van der Waals surface area contributed by atoms with Crippen LogP contribution in [0.15, 0.2) is 88.0 Å². The van der Waals surface area contributed by atoms with E-state index in [1.807, 2.05) is 41.1 Å². The SMILES string of the molecule is O=C1CC(c2ccsc2)(c2cccc(Oc3ccccc3Br)n2)N(S)C(=O)C1c1ccccc1Cl. The number of halogens is 2. The number of thiol groups is 1. The summed E-state index contributed by atoms with van der Waals surface area (Å²) in [6.07, 6.45) is -0.0135. The number of nitrogens with zero attached hydrogens (tertiary/aromatic N) is 2. The molecule has 0 bridgehead atoms. The molecule has 3 heterocycles. The number of hydrogen-bond acceptors (Lipinski definition) is 6. The van der Waals surface area contributed by atoms with Crippen molar-refractivity contribution in [2.24, 2.45) is 0 Å². The molecule has 2 atom stereocenters. The molecule has 0 saturated carbocycles. The second-order valence-corrected chi connectivity index (χ2v) is 10.5. The van der Waals surface area contributed by atoms with Crippen LogP contribution < -0.4 is 4.74 Å². The van der Waals surface area contributed by atoms with Gasteiger partial charge in [-0.2, -0.15) is 11.3 Å². The number of pyridine rings is 1. The third kappa shape index (κ3) is 4.29. The van der Waals surface area contributed by atoms with Gasteiger partial charge in [0.25, 0.3) is 0 Å². The van der Waals surface area contributed by atoms with E-state index in [4.69, 9.17) is 21.3 Å². The van der Waals surface area contributed by atoms with E-state index in [0.717, 1.165) is 10.0 Å². The van der Waals surface area contributed by atoms with E-state index in [1.165, 1.54) is 15.6 Å². The molecule has 176 valence electrons. The maximum absolute atomic E-state index is 13.7. The maximum atomic E-state index is 13.7. The summed E-state index contributed by atoms with van der Waals surface area (Å²) in [6.45, 7) is 0. The molecule has 5 rings (SSSR count). The summed E-state index contributed by atoms with van der Waals surface area (Å²) in [6, 6.07) is 21.5. The van der Waals surface area contributed by atoms with Crippen molar-refractivity contribution < 1.29 is 14.3 Å². The van der Waals surface area contributed by atoms with E-state index in [-0.39, 0.29) is 12.2 Å². The highest BCUT2D eigenvalue weighted by atomic mass is 79.9. The van der Waals surface area contributed by atoms with Crippen molar-refractivity contribution in [1.29, 1.82) is 0 Å². The van der Waals surface area contributed by atoms with Crippen molar-refractivity contribution in [3.8, 4) is 11.6 Å². The number of aromatic nitrogens is 1. The van der Waals surface area contributed by atoms with Crippen molar-refractivity contribution in [3.63, 3.8) is 0 Å². The van der Waals surface area contributed by atoms with Crippen molar-refractivity contribution in [1.82, 2.24) is 9.29 Å². The number of carbonyl (C=O) groups excluding carboxylic acids is 2. The lowest BCUT2D eigenvalue weighted by molar-refractivity contribution is -0.142. The first-order valence-electron chi connectivity index (χ1n) is 10.6. The van der Waals surface area contributed by atoms with E-state index in [2.05, 4.69) is 28.7 Å². The Morgan fingerprint density at radius 3 is 2.57 bits per heavy atom. The predicted molar refractivity (Wildman–Crippen MR) is 143 cm³/mol. The molecule has 2 aromatic heterocycles.